The third-order valence-corrected chi connectivity index (χ3v) is 2.74. The highest BCUT2D eigenvalue weighted by molar-refractivity contribution is 5.81. The molecule has 0 heterocycles. The molecule has 0 spiro atoms. The number of hydrogen-bond acceptors (Lipinski definition) is 2. The fourth-order valence-corrected chi connectivity index (χ4v) is 1.75. The molecule has 1 atom stereocenters. The maximum atomic E-state index is 13.3. The topological polar surface area (TPSA) is 29.1 Å². The highest BCUT2D eigenvalue weighted by Crippen LogP contribution is 2.11. The summed E-state index contributed by atoms with van der Waals surface area (Å²) in [6, 6.07) is 6.67. The van der Waals surface area contributed by atoms with Crippen LogP contribution in [0.5, 0.6) is 0 Å². The molecule has 0 radical (unpaired) electrons. The molecule has 1 N–H and O–H groups in total. The number of Topliss-reactive ketones (excluding diaryl/α,β-unsaturated/α-hetero) is 1. The van der Waals surface area contributed by atoms with Crippen LogP contribution in [0.4, 0.5) is 4.39 Å². The van der Waals surface area contributed by atoms with Crippen molar-refractivity contribution >= 4 is 5.78 Å². The lowest BCUT2D eigenvalue weighted by molar-refractivity contribution is -0.119. The van der Waals surface area contributed by atoms with Gasteiger partial charge in [-0.05, 0) is 44.9 Å². The van der Waals surface area contributed by atoms with Gasteiger partial charge in [0.2, 0.25) is 0 Å². The van der Waals surface area contributed by atoms with Crippen molar-refractivity contribution < 1.29 is 9.18 Å². The molecule has 1 aromatic rings. The summed E-state index contributed by atoms with van der Waals surface area (Å²) in [7, 11) is 1.77. The zero-order chi connectivity index (χ0) is 12.0. The van der Waals surface area contributed by atoms with Gasteiger partial charge in [0, 0.05) is 0 Å². The highest BCUT2D eigenvalue weighted by atomic mass is 19.1. The Balaban J connectivity index is 2.41. The normalized spacial score (nSPS) is 12.4. The first kappa shape index (κ1) is 12.8. The van der Waals surface area contributed by atoms with Gasteiger partial charge in [0.05, 0.1) is 6.04 Å². The molecule has 0 aromatic heterocycles. The molecule has 1 unspecified atom stereocenters. The zero-order valence-electron chi connectivity index (χ0n) is 9.79. The molecule has 0 aliphatic carbocycles. The number of likely N-dealkylation sites (N-methyl/N-ethyl adjacent to an activating group) is 1. The van der Waals surface area contributed by atoms with Crippen LogP contribution in [0.2, 0.25) is 0 Å². The Morgan fingerprint density at radius 2 is 2.12 bits per heavy atom. The largest absolute Gasteiger partial charge is 0.311 e. The Kier molecular flexibility index (Phi) is 5.12. The molecule has 0 saturated carbocycles. The molecule has 0 bridgehead atoms. The van der Waals surface area contributed by atoms with E-state index in [4.69, 9.17) is 0 Å². The molecule has 3 heteroatoms. The maximum absolute atomic E-state index is 13.3. The molecular weight excluding hydrogens is 205 g/mol. The van der Waals surface area contributed by atoms with Gasteiger partial charge in [-0.15, -0.1) is 0 Å². The molecule has 1 rings (SSSR count). The monoisotopic (exact) mass is 223 g/mol. The second kappa shape index (κ2) is 6.38. The van der Waals surface area contributed by atoms with Gasteiger partial charge in [-0.25, -0.2) is 4.39 Å². The van der Waals surface area contributed by atoms with E-state index < -0.39 is 0 Å². The molecule has 0 aliphatic rings. The van der Waals surface area contributed by atoms with Crippen LogP contribution in [0, 0.1) is 5.82 Å². The number of ketones is 1. The fourth-order valence-electron chi connectivity index (χ4n) is 1.75. The maximum Gasteiger partial charge on any atom is 0.146 e. The van der Waals surface area contributed by atoms with Gasteiger partial charge in [0.25, 0.3) is 0 Å². The Hall–Kier alpha value is -1.22. The van der Waals surface area contributed by atoms with E-state index in [0.29, 0.717) is 6.42 Å². The molecule has 88 valence electrons. The number of carbonyl (C=O) groups is 1. The van der Waals surface area contributed by atoms with E-state index in [1.165, 1.54) is 6.07 Å². The number of rotatable bonds is 6. The first-order chi connectivity index (χ1) is 7.65. The van der Waals surface area contributed by atoms with Gasteiger partial charge < -0.3 is 5.32 Å². The molecule has 0 aliphatic heterocycles. The summed E-state index contributed by atoms with van der Waals surface area (Å²) in [6.07, 6.45) is 2.24. The van der Waals surface area contributed by atoms with Gasteiger partial charge in [-0.1, -0.05) is 18.2 Å². The van der Waals surface area contributed by atoms with Gasteiger partial charge in [0.15, 0.2) is 0 Å². The van der Waals surface area contributed by atoms with Crippen LogP contribution in [0.3, 0.4) is 0 Å². The molecule has 2 nitrogen and oxygen atoms in total. The number of carbonyl (C=O) groups excluding carboxylic acids is 1. The van der Waals surface area contributed by atoms with Crippen molar-refractivity contribution in [1.82, 2.24) is 5.32 Å². The van der Waals surface area contributed by atoms with Gasteiger partial charge in [0.1, 0.15) is 11.6 Å². The van der Waals surface area contributed by atoms with Crippen LogP contribution in [-0.2, 0) is 11.2 Å². The molecule has 0 saturated heterocycles. The van der Waals surface area contributed by atoms with E-state index in [9.17, 15) is 9.18 Å². The number of hydrogen-bond donors (Lipinski definition) is 1. The van der Waals surface area contributed by atoms with E-state index in [1.54, 1.807) is 26.1 Å². The fraction of sp³-hybridized carbons (Fsp3) is 0.462. The summed E-state index contributed by atoms with van der Waals surface area (Å²) in [5, 5.41) is 2.96. The van der Waals surface area contributed by atoms with Crippen LogP contribution in [0.25, 0.3) is 0 Å². The summed E-state index contributed by atoms with van der Waals surface area (Å²) >= 11 is 0. The standard InChI is InChI=1S/C13H18FNO/c1-10(16)13(15-2)9-5-7-11-6-3-4-8-12(11)14/h3-4,6,8,13,15H,5,7,9H2,1-2H3. The van der Waals surface area contributed by atoms with E-state index in [0.717, 1.165) is 18.4 Å². The van der Waals surface area contributed by atoms with Crippen LogP contribution in [0.15, 0.2) is 24.3 Å². The minimum Gasteiger partial charge on any atom is -0.311 e. The zero-order valence-corrected chi connectivity index (χ0v) is 9.79. The number of aryl methyl sites for hydroxylation is 1. The first-order valence-electron chi connectivity index (χ1n) is 5.56. The first-order valence-corrected chi connectivity index (χ1v) is 5.56. The third kappa shape index (κ3) is 3.74. The third-order valence-electron chi connectivity index (χ3n) is 2.74. The van der Waals surface area contributed by atoms with Crippen molar-refractivity contribution in [1.29, 1.82) is 0 Å². The van der Waals surface area contributed by atoms with Crippen molar-refractivity contribution in [3.8, 4) is 0 Å². The molecule has 0 fully saturated rings. The smallest absolute Gasteiger partial charge is 0.146 e. The average Bonchev–Trinajstić information content (AvgIpc) is 2.26. The number of nitrogens with one attached hydrogen (secondary N) is 1. The van der Waals surface area contributed by atoms with E-state index in [1.807, 2.05) is 6.07 Å². The second-order valence-corrected chi connectivity index (χ2v) is 3.94. The summed E-state index contributed by atoms with van der Waals surface area (Å²) < 4.78 is 13.3. The Labute approximate surface area is 95.9 Å². The Morgan fingerprint density at radius 1 is 1.44 bits per heavy atom. The van der Waals surface area contributed by atoms with E-state index in [-0.39, 0.29) is 17.6 Å². The lowest BCUT2D eigenvalue weighted by Crippen LogP contribution is -2.32. The number of benzene rings is 1. The van der Waals surface area contributed by atoms with Gasteiger partial charge in [-0.2, -0.15) is 0 Å². The predicted octanol–water partition coefficient (Wildman–Crippen LogP) is 2.33. The van der Waals surface area contributed by atoms with E-state index >= 15 is 0 Å². The quantitative estimate of drug-likeness (QED) is 0.802. The van der Waals surface area contributed by atoms with E-state index in [2.05, 4.69) is 5.32 Å². The van der Waals surface area contributed by atoms with Crippen LogP contribution in [0.1, 0.15) is 25.3 Å². The lowest BCUT2D eigenvalue weighted by Gasteiger charge is -2.12. The Bertz CT molecular complexity index is 352. The summed E-state index contributed by atoms with van der Waals surface area (Å²) in [4.78, 5) is 11.1. The summed E-state index contributed by atoms with van der Waals surface area (Å²) in [5.41, 5.74) is 0.723. The van der Waals surface area contributed by atoms with Crippen molar-refractivity contribution in [2.75, 3.05) is 7.05 Å². The van der Waals surface area contributed by atoms with Crippen molar-refractivity contribution in [3.05, 3.63) is 35.6 Å². The SMILES string of the molecule is CNC(CCCc1ccccc1F)C(C)=O. The van der Waals surface area contributed by atoms with Crippen molar-refractivity contribution in [2.24, 2.45) is 0 Å². The van der Waals surface area contributed by atoms with Crippen LogP contribution in [-0.4, -0.2) is 18.9 Å². The Morgan fingerprint density at radius 3 is 2.69 bits per heavy atom. The van der Waals surface area contributed by atoms with Gasteiger partial charge >= 0.3 is 0 Å². The van der Waals surface area contributed by atoms with Crippen LogP contribution >= 0.6 is 0 Å². The minimum atomic E-state index is -0.161. The van der Waals surface area contributed by atoms with Gasteiger partial charge in [-0.3, -0.25) is 4.79 Å². The molecule has 16 heavy (non-hydrogen) atoms. The number of halogens is 1. The van der Waals surface area contributed by atoms with Crippen molar-refractivity contribution in [2.45, 2.75) is 32.2 Å². The van der Waals surface area contributed by atoms with Crippen LogP contribution < -0.4 is 5.32 Å². The summed E-state index contributed by atoms with van der Waals surface area (Å²) in [5.74, 6) is -0.0256. The predicted molar refractivity (Wildman–Crippen MR) is 62.9 cm³/mol. The second-order valence-electron chi connectivity index (χ2n) is 3.94. The minimum absolute atomic E-state index is 0.105. The molecule has 1 aromatic carbocycles. The van der Waals surface area contributed by atoms with Crippen molar-refractivity contribution in [3.63, 3.8) is 0 Å². The lowest BCUT2D eigenvalue weighted by atomic mass is 10.0. The highest BCUT2D eigenvalue weighted by Gasteiger charge is 2.11. The average molecular weight is 223 g/mol. The molecule has 0 amide bonds. The molecular formula is C13H18FNO. The summed E-state index contributed by atoms with van der Waals surface area (Å²) in [6.45, 7) is 1.57.